The van der Waals surface area contributed by atoms with Gasteiger partial charge >= 0.3 is 5.97 Å². The third kappa shape index (κ3) is 4.52. The molecule has 1 fully saturated rings. The number of benzene rings is 1. The lowest BCUT2D eigenvalue weighted by molar-refractivity contribution is -0.123. The number of fused-ring (bicyclic) bond motifs is 1. The van der Waals surface area contributed by atoms with Gasteiger partial charge in [-0.2, -0.15) is 5.10 Å². The van der Waals surface area contributed by atoms with Crippen molar-refractivity contribution in [1.82, 2.24) is 14.8 Å². The number of rotatable bonds is 6. The van der Waals surface area contributed by atoms with Crippen molar-refractivity contribution in [2.24, 2.45) is 0 Å². The van der Waals surface area contributed by atoms with Crippen LogP contribution in [0.2, 0.25) is 10.0 Å². The lowest BCUT2D eigenvalue weighted by Crippen LogP contribution is -2.30. The highest BCUT2D eigenvalue weighted by Gasteiger charge is 2.29. The van der Waals surface area contributed by atoms with Crippen molar-refractivity contribution in [3.05, 3.63) is 51.8 Å². The van der Waals surface area contributed by atoms with Crippen LogP contribution in [0.15, 0.2) is 30.5 Å². The molecule has 1 aliphatic rings. The minimum absolute atomic E-state index is 0.0930. The quantitative estimate of drug-likeness (QED) is 0.498. The van der Waals surface area contributed by atoms with Crippen LogP contribution in [0, 0.1) is 0 Å². The fourth-order valence-electron chi connectivity index (χ4n) is 3.28. The average Bonchev–Trinajstić information content (AvgIpc) is 3.48. The predicted molar refractivity (Wildman–Crippen MR) is 120 cm³/mol. The summed E-state index contributed by atoms with van der Waals surface area (Å²) in [6.07, 6.45) is 2.66. The second-order valence-corrected chi connectivity index (χ2v) is 8.79. The molecular weight excluding hydrogens is 439 g/mol. The third-order valence-corrected chi connectivity index (χ3v) is 5.70. The molecule has 4 rings (SSSR count). The maximum absolute atomic E-state index is 13.0. The highest BCUT2D eigenvalue weighted by atomic mass is 35.5. The zero-order chi connectivity index (χ0) is 22.3. The van der Waals surface area contributed by atoms with E-state index in [1.165, 1.54) is 13.0 Å². The van der Waals surface area contributed by atoms with Gasteiger partial charge in [0.05, 0.1) is 27.9 Å². The Morgan fingerprint density at radius 1 is 1.19 bits per heavy atom. The van der Waals surface area contributed by atoms with Crippen molar-refractivity contribution in [2.75, 3.05) is 5.32 Å². The molecule has 3 aromatic rings. The van der Waals surface area contributed by atoms with Gasteiger partial charge in [0, 0.05) is 22.7 Å². The van der Waals surface area contributed by atoms with Crippen molar-refractivity contribution >= 4 is 51.8 Å². The number of anilines is 1. The maximum atomic E-state index is 13.0. The summed E-state index contributed by atoms with van der Waals surface area (Å²) in [5, 5.41) is 8.40. The number of hydrogen-bond acceptors (Lipinski definition) is 5. The van der Waals surface area contributed by atoms with Crippen LogP contribution in [0.1, 0.15) is 61.6 Å². The van der Waals surface area contributed by atoms with E-state index < -0.39 is 18.0 Å². The molecule has 1 aliphatic carbocycles. The fraction of sp³-hybridized carbons (Fsp3) is 0.364. The lowest BCUT2D eigenvalue weighted by atomic mass is 10.1. The summed E-state index contributed by atoms with van der Waals surface area (Å²) < 4.78 is 7.27. The van der Waals surface area contributed by atoms with Crippen LogP contribution >= 0.6 is 23.2 Å². The van der Waals surface area contributed by atoms with Gasteiger partial charge in [0.15, 0.2) is 11.8 Å². The summed E-state index contributed by atoms with van der Waals surface area (Å²) in [5.41, 5.74) is 2.21. The van der Waals surface area contributed by atoms with E-state index in [1.807, 2.05) is 13.8 Å². The summed E-state index contributed by atoms with van der Waals surface area (Å²) in [6.45, 7) is 5.51. The SMILES string of the molecule is CC(OC(=O)c1cc(C2CC2)nc2c1cnn2C(C)C)C(=O)Nc1cc(Cl)ccc1Cl. The summed E-state index contributed by atoms with van der Waals surface area (Å²) in [7, 11) is 0. The highest BCUT2D eigenvalue weighted by molar-refractivity contribution is 6.35. The molecule has 1 atom stereocenters. The number of carbonyl (C=O) groups is 2. The molecule has 1 unspecified atom stereocenters. The number of amides is 1. The van der Waals surface area contributed by atoms with E-state index in [1.54, 1.807) is 29.1 Å². The van der Waals surface area contributed by atoms with Crippen molar-refractivity contribution in [1.29, 1.82) is 0 Å². The lowest BCUT2D eigenvalue weighted by Gasteiger charge is -2.15. The van der Waals surface area contributed by atoms with Crippen LogP contribution in [0.5, 0.6) is 0 Å². The molecule has 9 heteroatoms. The van der Waals surface area contributed by atoms with Gasteiger partial charge in [-0.3, -0.25) is 4.79 Å². The molecule has 1 saturated carbocycles. The first-order chi connectivity index (χ1) is 14.7. The van der Waals surface area contributed by atoms with E-state index in [0.29, 0.717) is 38.2 Å². The summed E-state index contributed by atoms with van der Waals surface area (Å²) >= 11 is 12.1. The van der Waals surface area contributed by atoms with E-state index in [9.17, 15) is 9.59 Å². The molecule has 1 amide bonds. The predicted octanol–water partition coefficient (Wildman–Crippen LogP) is 5.38. The molecule has 2 heterocycles. The molecule has 1 aromatic carbocycles. The standard InChI is InChI=1S/C22H22Cl2N4O3/c1-11(2)28-20-16(10-25-28)15(9-18(26-20)13-4-5-13)22(30)31-12(3)21(29)27-19-8-14(23)6-7-17(19)24/h6-13H,4-5H2,1-3H3,(H,27,29). The van der Waals surface area contributed by atoms with E-state index >= 15 is 0 Å². The Balaban J connectivity index is 1.57. The van der Waals surface area contributed by atoms with E-state index in [0.717, 1.165) is 18.5 Å². The third-order valence-electron chi connectivity index (χ3n) is 5.13. The van der Waals surface area contributed by atoms with Crippen molar-refractivity contribution in [2.45, 2.75) is 51.7 Å². The molecule has 0 saturated heterocycles. The Hall–Kier alpha value is -2.64. The highest BCUT2D eigenvalue weighted by Crippen LogP contribution is 2.40. The summed E-state index contributed by atoms with van der Waals surface area (Å²) in [5.74, 6) is -0.766. The number of nitrogens with one attached hydrogen (secondary N) is 1. The Labute approximate surface area is 189 Å². The summed E-state index contributed by atoms with van der Waals surface area (Å²) in [6, 6.07) is 6.58. The van der Waals surface area contributed by atoms with Gasteiger partial charge in [0.25, 0.3) is 5.91 Å². The van der Waals surface area contributed by atoms with Crippen LogP contribution in [0.25, 0.3) is 11.0 Å². The van der Waals surface area contributed by atoms with Crippen molar-refractivity contribution in [3.8, 4) is 0 Å². The van der Waals surface area contributed by atoms with Gasteiger partial charge in [0.2, 0.25) is 0 Å². The number of aromatic nitrogens is 3. The Bertz CT molecular complexity index is 1170. The summed E-state index contributed by atoms with van der Waals surface area (Å²) in [4.78, 5) is 30.3. The number of hydrogen-bond donors (Lipinski definition) is 1. The molecule has 7 nitrogen and oxygen atoms in total. The first-order valence-electron chi connectivity index (χ1n) is 10.1. The minimum atomic E-state index is -1.05. The number of esters is 1. The Morgan fingerprint density at radius 3 is 2.61 bits per heavy atom. The van der Waals surface area contributed by atoms with Gasteiger partial charge in [0.1, 0.15) is 0 Å². The first-order valence-corrected chi connectivity index (χ1v) is 10.8. The zero-order valence-corrected chi connectivity index (χ0v) is 18.9. The van der Waals surface area contributed by atoms with Gasteiger partial charge in [-0.05, 0) is 57.9 Å². The molecule has 1 N–H and O–H groups in total. The molecule has 31 heavy (non-hydrogen) atoms. The van der Waals surface area contributed by atoms with Gasteiger partial charge in [-0.25, -0.2) is 14.5 Å². The van der Waals surface area contributed by atoms with Crippen molar-refractivity contribution in [3.63, 3.8) is 0 Å². The molecule has 162 valence electrons. The Kier molecular flexibility index (Phi) is 5.90. The van der Waals surface area contributed by atoms with Crippen LogP contribution in [0.4, 0.5) is 5.69 Å². The van der Waals surface area contributed by atoms with E-state index in [2.05, 4.69) is 10.4 Å². The van der Waals surface area contributed by atoms with Crippen molar-refractivity contribution < 1.29 is 14.3 Å². The second kappa shape index (κ2) is 8.48. The first kappa shape index (κ1) is 21.6. The largest absolute Gasteiger partial charge is 0.449 e. The minimum Gasteiger partial charge on any atom is -0.449 e. The normalized spacial score (nSPS) is 14.6. The molecule has 2 aromatic heterocycles. The molecule has 0 aliphatic heterocycles. The van der Waals surface area contributed by atoms with Gasteiger partial charge in [-0.15, -0.1) is 0 Å². The van der Waals surface area contributed by atoms with Crippen LogP contribution in [-0.4, -0.2) is 32.7 Å². The number of nitrogens with zero attached hydrogens (tertiary/aromatic N) is 3. The van der Waals surface area contributed by atoms with E-state index in [4.69, 9.17) is 32.9 Å². The molecule has 0 spiro atoms. The number of carbonyl (C=O) groups excluding carboxylic acids is 2. The topological polar surface area (TPSA) is 86.1 Å². The van der Waals surface area contributed by atoms with Gasteiger partial charge in [-0.1, -0.05) is 23.2 Å². The zero-order valence-electron chi connectivity index (χ0n) is 17.4. The smallest absolute Gasteiger partial charge is 0.339 e. The number of halogens is 2. The van der Waals surface area contributed by atoms with Crippen LogP contribution in [0.3, 0.4) is 0 Å². The monoisotopic (exact) mass is 460 g/mol. The van der Waals surface area contributed by atoms with Crippen LogP contribution < -0.4 is 5.32 Å². The molecule has 0 radical (unpaired) electrons. The number of pyridine rings is 1. The van der Waals surface area contributed by atoms with Gasteiger partial charge < -0.3 is 10.1 Å². The van der Waals surface area contributed by atoms with E-state index in [-0.39, 0.29) is 6.04 Å². The van der Waals surface area contributed by atoms with Crippen LogP contribution in [-0.2, 0) is 9.53 Å². The second-order valence-electron chi connectivity index (χ2n) is 7.95. The Morgan fingerprint density at radius 2 is 1.94 bits per heavy atom. The average molecular weight is 461 g/mol. The maximum Gasteiger partial charge on any atom is 0.339 e. The fourth-order valence-corrected chi connectivity index (χ4v) is 3.61. The molecule has 0 bridgehead atoms. The number of ether oxygens (including phenoxy) is 1. The molecular formula is C22H22Cl2N4O3.